The Bertz CT molecular complexity index is 1150. The number of carbonyl (C=O) groups is 2. The second-order valence-corrected chi connectivity index (χ2v) is 15.1. The molecule has 2 fully saturated rings. The van der Waals surface area contributed by atoms with E-state index in [1.54, 1.807) is 26.2 Å². The average molecular weight is 709 g/mol. The molecule has 5 N–H and O–H groups in total. The highest BCUT2D eigenvalue weighted by Gasteiger charge is 2.50. The maximum atomic E-state index is 12.9. The number of esters is 1. The van der Waals surface area contributed by atoms with E-state index in [1.165, 1.54) is 4.90 Å². The molecule has 0 aliphatic carbocycles. The Kier molecular flexibility index (Phi) is 16.9. The van der Waals surface area contributed by atoms with Gasteiger partial charge >= 0.3 is 12.1 Å². The minimum absolute atomic E-state index is 0.0469. The van der Waals surface area contributed by atoms with E-state index in [0.717, 1.165) is 51.1 Å². The quantitative estimate of drug-likeness (QED) is 0.0596. The number of epoxide rings is 1. The molecule has 3 aliphatic heterocycles. The Morgan fingerprint density at radius 2 is 1.94 bits per heavy atom. The molecule has 0 aromatic heterocycles. The second-order valence-electron chi connectivity index (χ2n) is 15.1. The zero-order chi connectivity index (χ0) is 37.0. The van der Waals surface area contributed by atoms with Gasteiger partial charge in [-0.1, -0.05) is 52.0 Å². The summed E-state index contributed by atoms with van der Waals surface area (Å²) in [6.07, 6.45) is 6.53. The van der Waals surface area contributed by atoms with Gasteiger partial charge in [0.05, 0.1) is 50.5 Å². The van der Waals surface area contributed by atoms with Crippen LogP contribution in [0.15, 0.2) is 36.0 Å². The summed E-state index contributed by atoms with van der Waals surface area (Å²) in [5.41, 5.74) is -0.727. The lowest BCUT2D eigenvalue weighted by atomic mass is 9.88. The van der Waals surface area contributed by atoms with Crippen molar-refractivity contribution in [2.75, 3.05) is 53.4 Å². The number of ether oxygens (including phenoxy) is 4. The highest BCUT2D eigenvalue weighted by Crippen LogP contribution is 2.37. The summed E-state index contributed by atoms with van der Waals surface area (Å²) in [6, 6.07) is 0. The number of carbonyl (C=O) groups excluding carboxylic acids is 2. The molecular weight excluding hydrogens is 642 g/mol. The predicted octanol–water partition coefficient (Wildman–Crippen LogP) is 2.03. The molecule has 3 heterocycles. The van der Waals surface area contributed by atoms with Gasteiger partial charge in [0.15, 0.2) is 6.10 Å². The van der Waals surface area contributed by atoms with E-state index >= 15 is 0 Å². The number of quaternary nitrogens is 1. The van der Waals surface area contributed by atoms with Crippen LogP contribution in [0.4, 0.5) is 4.79 Å². The van der Waals surface area contributed by atoms with Crippen LogP contribution in [0.2, 0.25) is 0 Å². The van der Waals surface area contributed by atoms with Crippen LogP contribution >= 0.6 is 0 Å². The zero-order valence-electron chi connectivity index (χ0n) is 31.7. The molecule has 11 unspecified atom stereocenters. The molecule has 12 heteroatoms. The minimum Gasteiger partial charge on any atom is -0.457 e. The third-order valence-electron chi connectivity index (χ3n) is 10.7. The van der Waals surface area contributed by atoms with E-state index in [2.05, 4.69) is 31.1 Å². The number of rotatable bonds is 14. The number of allylic oxidation sites excluding steroid dienone is 2. The van der Waals surface area contributed by atoms with Crippen molar-refractivity contribution in [2.24, 2.45) is 17.8 Å². The van der Waals surface area contributed by atoms with Crippen molar-refractivity contribution >= 4 is 12.1 Å². The van der Waals surface area contributed by atoms with Crippen LogP contribution in [0.3, 0.4) is 0 Å². The maximum Gasteiger partial charge on any atom is 0.407 e. The van der Waals surface area contributed by atoms with Crippen molar-refractivity contribution in [1.29, 1.82) is 0 Å². The highest BCUT2D eigenvalue weighted by atomic mass is 16.6. The zero-order valence-corrected chi connectivity index (χ0v) is 31.7. The van der Waals surface area contributed by atoms with Crippen LogP contribution in [-0.2, 0) is 23.7 Å². The first-order chi connectivity index (χ1) is 23.7. The van der Waals surface area contributed by atoms with Crippen molar-refractivity contribution in [2.45, 2.75) is 122 Å². The first kappa shape index (κ1) is 42.1. The van der Waals surface area contributed by atoms with Crippen molar-refractivity contribution in [3.8, 4) is 0 Å². The molecule has 3 aliphatic rings. The van der Waals surface area contributed by atoms with E-state index < -0.39 is 42.1 Å². The van der Waals surface area contributed by atoms with E-state index in [0.29, 0.717) is 6.54 Å². The summed E-state index contributed by atoms with van der Waals surface area (Å²) in [5, 5.41) is 35.8. The van der Waals surface area contributed by atoms with Crippen molar-refractivity contribution in [1.82, 2.24) is 10.2 Å². The number of alkyl carbamates (subject to hydrolysis) is 1. The maximum absolute atomic E-state index is 12.9. The molecule has 0 bridgehead atoms. The molecule has 0 aromatic carbocycles. The van der Waals surface area contributed by atoms with Gasteiger partial charge in [0.25, 0.3) is 0 Å². The Morgan fingerprint density at radius 3 is 2.60 bits per heavy atom. The number of aliphatic hydroxyl groups is 3. The molecule has 286 valence electrons. The SMILES string of the molecule is CCC(OC)C(C)C1OC1C(O)C(C)/C=C/C=C(\C)C1OC(=O)CC(O)CCC(C)(O)C(OC(=O)NCCC[NH+]2CCN(C)CC2)/C=C/C1C. The fourth-order valence-electron chi connectivity index (χ4n) is 7.01. The molecule has 11 atom stereocenters. The summed E-state index contributed by atoms with van der Waals surface area (Å²) in [6.45, 7) is 17.2. The smallest absolute Gasteiger partial charge is 0.407 e. The van der Waals surface area contributed by atoms with Crippen molar-refractivity contribution in [3.63, 3.8) is 0 Å². The Balaban J connectivity index is 1.64. The van der Waals surface area contributed by atoms with Gasteiger partial charge < -0.3 is 44.5 Å². The molecule has 0 saturated carbocycles. The van der Waals surface area contributed by atoms with Gasteiger partial charge in [-0.25, -0.2) is 4.79 Å². The lowest BCUT2D eigenvalue weighted by Crippen LogP contribution is -3.14. The Morgan fingerprint density at radius 1 is 1.24 bits per heavy atom. The van der Waals surface area contributed by atoms with E-state index in [-0.39, 0.29) is 55.3 Å². The molecule has 0 spiro atoms. The van der Waals surface area contributed by atoms with Crippen LogP contribution in [-0.4, -0.2) is 134 Å². The normalized spacial score (nSPS) is 33.7. The standard InChI is InChI=1S/C38H65N3O9/c1-9-30(47-8)28(5)35-36(50-35)33(44)25(2)12-10-13-26(3)34-27(4)14-15-31(38(6,46)17-16-29(42)24-32(43)49-34)48-37(45)39-18-11-19-41-22-20-40(7)21-23-41/h10,12-15,25,27-31,33-36,42,44,46H,9,11,16-24H2,1-8H3,(H,39,45)/p+1/b12-10+,15-14+,26-13+. The monoisotopic (exact) mass is 708 g/mol. The number of methoxy groups -OCH3 is 1. The Hall–Kier alpha value is -2.32. The number of nitrogens with one attached hydrogen (secondary N) is 2. The highest BCUT2D eigenvalue weighted by molar-refractivity contribution is 5.70. The first-order valence-electron chi connectivity index (χ1n) is 18.6. The van der Waals surface area contributed by atoms with Crippen molar-refractivity contribution in [3.05, 3.63) is 36.0 Å². The van der Waals surface area contributed by atoms with Crippen LogP contribution in [0, 0.1) is 17.8 Å². The van der Waals surface area contributed by atoms with Gasteiger partial charge in [0.1, 0.15) is 17.8 Å². The fraction of sp³-hybridized carbons (Fsp3) is 0.789. The molecule has 12 nitrogen and oxygen atoms in total. The number of aliphatic hydroxyl groups excluding tert-OH is 2. The lowest BCUT2D eigenvalue weighted by Gasteiger charge is -2.32. The van der Waals surface area contributed by atoms with Crippen LogP contribution < -0.4 is 10.2 Å². The number of amides is 1. The molecule has 50 heavy (non-hydrogen) atoms. The summed E-state index contributed by atoms with van der Waals surface area (Å²) in [7, 11) is 3.83. The second kappa shape index (κ2) is 20.1. The Labute approximate surface area is 299 Å². The number of hydrogen-bond donors (Lipinski definition) is 5. The third kappa shape index (κ3) is 13.0. The van der Waals surface area contributed by atoms with Crippen LogP contribution in [0.5, 0.6) is 0 Å². The summed E-state index contributed by atoms with van der Waals surface area (Å²) >= 11 is 0. The predicted molar refractivity (Wildman–Crippen MR) is 192 cm³/mol. The van der Waals surface area contributed by atoms with Gasteiger partial charge in [-0.2, -0.15) is 0 Å². The number of nitrogens with zero attached hydrogens (tertiary/aromatic N) is 1. The molecule has 0 radical (unpaired) electrons. The van der Waals surface area contributed by atoms with Gasteiger partial charge in [0.2, 0.25) is 0 Å². The molecular formula is C38H66N3O9+. The topological polar surface area (TPSA) is 155 Å². The van der Waals surface area contributed by atoms with Gasteiger partial charge in [-0.15, -0.1) is 0 Å². The molecule has 2 saturated heterocycles. The molecule has 3 rings (SSSR count). The van der Waals surface area contributed by atoms with Gasteiger partial charge in [0, 0.05) is 50.9 Å². The van der Waals surface area contributed by atoms with Gasteiger partial charge in [-0.05, 0) is 51.8 Å². The number of hydrogen-bond acceptors (Lipinski definition) is 10. The summed E-state index contributed by atoms with van der Waals surface area (Å²) < 4.78 is 23.0. The summed E-state index contributed by atoms with van der Waals surface area (Å²) in [4.78, 5) is 29.6. The first-order valence-corrected chi connectivity index (χ1v) is 18.6. The third-order valence-corrected chi connectivity index (χ3v) is 10.7. The van der Waals surface area contributed by atoms with Gasteiger partial charge in [-0.3, -0.25) is 9.69 Å². The molecule has 0 aromatic rings. The number of likely N-dealkylation sites (N-methyl/N-ethyl adjacent to an activating group) is 1. The lowest BCUT2D eigenvalue weighted by molar-refractivity contribution is -0.904. The van der Waals surface area contributed by atoms with Crippen LogP contribution in [0.1, 0.15) is 73.6 Å². The number of cyclic esters (lactones) is 1. The fourth-order valence-corrected chi connectivity index (χ4v) is 7.01. The minimum atomic E-state index is -1.48. The largest absolute Gasteiger partial charge is 0.457 e. The van der Waals surface area contributed by atoms with Crippen molar-refractivity contribution < 1.29 is 48.8 Å². The average Bonchev–Trinajstić information content (AvgIpc) is 3.88. The number of piperazine rings is 1. The summed E-state index contributed by atoms with van der Waals surface area (Å²) in [5.74, 6) is -0.905. The van der Waals surface area contributed by atoms with E-state index in [1.807, 2.05) is 39.0 Å². The van der Waals surface area contributed by atoms with E-state index in [9.17, 15) is 24.9 Å². The molecule has 1 amide bonds. The van der Waals surface area contributed by atoms with Crippen LogP contribution in [0.25, 0.3) is 0 Å². The van der Waals surface area contributed by atoms with E-state index in [4.69, 9.17) is 18.9 Å².